The van der Waals surface area contributed by atoms with Gasteiger partial charge in [0.25, 0.3) is 0 Å². The van der Waals surface area contributed by atoms with Crippen molar-refractivity contribution in [3.05, 3.63) is 29.7 Å². The summed E-state index contributed by atoms with van der Waals surface area (Å²) < 4.78 is 1.76. The molecule has 12 heavy (non-hydrogen) atoms. The predicted molar refractivity (Wildman–Crippen MR) is 44.6 cm³/mol. The minimum atomic E-state index is 0.707. The Morgan fingerprint density at radius 3 is 2.67 bits per heavy atom. The largest absolute Gasteiger partial charge is 0.297 e. The second-order valence-electron chi connectivity index (χ2n) is 2.16. The molecule has 0 saturated carbocycles. The highest BCUT2D eigenvalue weighted by Crippen LogP contribution is 2.17. The first-order valence-electron chi connectivity index (χ1n) is 3.30. The number of aldehydes is 1. The molecular formula is C7H5N3OS. The minimum absolute atomic E-state index is 0.707. The van der Waals surface area contributed by atoms with E-state index in [0.29, 0.717) is 4.88 Å². The minimum Gasteiger partial charge on any atom is -0.297 e. The van der Waals surface area contributed by atoms with Gasteiger partial charge < -0.3 is 0 Å². The van der Waals surface area contributed by atoms with Gasteiger partial charge in [-0.25, -0.2) is 0 Å². The number of hydrogen-bond acceptors (Lipinski definition) is 4. The Morgan fingerprint density at radius 2 is 2.08 bits per heavy atom. The highest BCUT2D eigenvalue weighted by molar-refractivity contribution is 7.16. The van der Waals surface area contributed by atoms with Gasteiger partial charge in [0, 0.05) is 0 Å². The second kappa shape index (κ2) is 2.86. The summed E-state index contributed by atoms with van der Waals surface area (Å²) in [4.78, 5) is 11.1. The number of hydrogen-bond donors (Lipinski definition) is 0. The van der Waals surface area contributed by atoms with Gasteiger partial charge in [-0.2, -0.15) is 0 Å². The van der Waals surface area contributed by atoms with Gasteiger partial charge in [-0.1, -0.05) is 0 Å². The normalized spacial score (nSPS) is 10.0. The summed E-state index contributed by atoms with van der Waals surface area (Å²) in [7, 11) is 0. The Bertz CT molecular complexity index is 379. The molecule has 60 valence electrons. The van der Waals surface area contributed by atoms with Gasteiger partial charge >= 0.3 is 0 Å². The monoisotopic (exact) mass is 179 g/mol. The molecule has 4 nitrogen and oxygen atoms in total. The van der Waals surface area contributed by atoms with Gasteiger partial charge in [0.05, 0.1) is 4.88 Å². The molecule has 0 fully saturated rings. The lowest BCUT2D eigenvalue weighted by atomic mass is 10.5. The number of thiophene rings is 1. The number of aromatic nitrogens is 3. The zero-order chi connectivity index (χ0) is 8.39. The molecule has 2 rings (SSSR count). The summed E-state index contributed by atoms with van der Waals surface area (Å²) in [6.07, 6.45) is 4.03. The molecule has 0 N–H and O–H groups in total. The standard InChI is InChI=1S/C7H5N3OS/c11-3-6-1-2-7(12-6)10-4-8-9-5-10/h1-5H. The molecular weight excluding hydrogens is 174 g/mol. The van der Waals surface area contributed by atoms with Crippen molar-refractivity contribution in [1.29, 1.82) is 0 Å². The van der Waals surface area contributed by atoms with E-state index in [1.807, 2.05) is 6.07 Å². The van der Waals surface area contributed by atoms with Crippen LogP contribution in [-0.4, -0.2) is 21.1 Å². The van der Waals surface area contributed by atoms with Crippen LogP contribution in [0.3, 0.4) is 0 Å². The highest BCUT2D eigenvalue weighted by Gasteiger charge is 1.99. The van der Waals surface area contributed by atoms with Crippen LogP contribution in [0.5, 0.6) is 0 Å². The molecule has 0 atom stereocenters. The molecule has 0 amide bonds. The van der Waals surface area contributed by atoms with Crippen LogP contribution >= 0.6 is 11.3 Å². The molecule has 2 aromatic heterocycles. The van der Waals surface area contributed by atoms with Crippen LogP contribution in [0, 0.1) is 0 Å². The molecule has 2 heterocycles. The first-order chi connectivity index (χ1) is 5.90. The highest BCUT2D eigenvalue weighted by atomic mass is 32.1. The third kappa shape index (κ3) is 1.14. The van der Waals surface area contributed by atoms with E-state index in [4.69, 9.17) is 0 Å². The zero-order valence-corrected chi connectivity index (χ0v) is 6.86. The molecule has 0 aliphatic carbocycles. The van der Waals surface area contributed by atoms with Crippen molar-refractivity contribution in [2.75, 3.05) is 0 Å². The van der Waals surface area contributed by atoms with Crippen LogP contribution in [0.25, 0.3) is 5.00 Å². The summed E-state index contributed by atoms with van der Waals surface area (Å²) in [5.74, 6) is 0. The van der Waals surface area contributed by atoms with E-state index in [-0.39, 0.29) is 0 Å². The topological polar surface area (TPSA) is 47.8 Å². The average Bonchev–Trinajstić information content (AvgIpc) is 2.75. The SMILES string of the molecule is O=Cc1ccc(-n2cnnc2)s1. The summed E-state index contributed by atoms with van der Waals surface area (Å²) in [6, 6.07) is 3.63. The maximum atomic E-state index is 10.4. The van der Waals surface area contributed by atoms with Crippen LogP contribution in [-0.2, 0) is 0 Å². The fourth-order valence-electron chi connectivity index (χ4n) is 0.859. The Balaban J connectivity index is 2.41. The van der Waals surface area contributed by atoms with E-state index in [1.54, 1.807) is 23.3 Å². The van der Waals surface area contributed by atoms with Crippen molar-refractivity contribution >= 4 is 17.6 Å². The van der Waals surface area contributed by atoms with Crippen molar-refractivity contribution in [2.45, 2.75) is 0 Å². The van der Waals surface area contributed by atoms with E-state index in [9.17, 15) is 4.79 Å². The number of carbonyl (C=O) groups excluding carboxylic acids is 1. The quantitative estimate of drug-likeness (QED) is 0.649. The lowest BCUT2D eigenvalue weighted by Crippen LogP contribution is -1.82. The Kier molecular flexibility index (Phi) is 1.71. The van der Waals surface area contributed by atoms with Crippen molar-refractivity contribution < 1.29 is 4.79 Å². The van der Waals surface area contributed by atoms with E-state index in [2.05, 4.69) is 10.2 Å². The molecule has 2 aromatic rings. The lowest BCUT2D eigenvalue weighted by molar-refractivity contribution is 0.112. The molecule has 0 radical (unpaired) electrons. The molecule has 0 aliphatic rings. The third-order valence-electron chi connectivity index (χ3n) is 1.40. The lowest BCUT2D eigenvalue weighted by Gasteiger charge is -1.90. The first kappa shape index (κ1) is 7.17. The first-order valence-corrected chi connectivity index (χ1v) is 4.12. The van der Waals surface area contributed by atoms with Gasteiger partial charge in [0.2, 0.25) is 0 Å². The maximum absolute atomic E-state index is 10.4. The van der Waals surface area contributed by atoms with Crippen molar-refractivity contribution in [3.63, 3.8) is 0 Å². The summed E-state index contributed by atoms with van der Waals surface area (Å²) in [6.45, 7) is 0. The molecule has 0 unspecified atom stereocenters. The van der Waals surface area contributed by atoms with E-state index >= 15 is 0 Å². The smallest absolute Gasteiger partial charge is 0.160 e. The van der Waals surface area contributed by atoms with Crippen molar-refractivity contribution in [2.24, 2.45) is 0 Å². The van der Waals surface area contributed by atoms with E-state index < -0.39 is 0 Å². The second-order valence-corrected chi connectivity index (χ2v) is 3.26. The van der Waals surface area contributed by atoms with Crippen LogP contribution in [0.15, 0.2) is 24.8 Å². The van der Waals surface area contributed by atoms with Crippen LogP contribution < -0.4 is 0 Å². The summed E-state index contributed by atoms with van der Waals surface area (Å²) in [5.41, 5.74) is 0. The van der Waals surface area contributed by atoms with Crippen molar-refractivity contribution in [1.82, 2.24) is 14.8 Å². The molecule has 0 bridgehead atoms. The van der Waals surface area contributed by atoms with Crippen LogP contribution in [0.1, 0.15) is 9.67 Å². The number of rotatable bonds is 2. The Morgan fingerprint density at radius 1 is 1.33 bits per heavy atom. The molecule has 0 aliphatic heterocycles. The maximum Gasteiger partial charge on any atom is 0.160 e. The average molecular weight is 179 g/mol. The summed E-state index contributed by atoms with van der Waals surface area (Å²) in [5, 5.41) is 8.28. The number of carbonyl (C=O) groups is 1. The zero-order valence-electron chi connectivity index (χ0n) is 6.04. The number of nitrogens with zero attached hydrogens (tertiary/aromatic N) is 3. The van der Waals surface area contributed by atoms with Gasteiger partial charge in [-0.15, -0.1) is 21.5 Å². The summed E-state index contributed by atoms with van der Waals surface area (Å²) >= 11 is 1.41. The Hall–Kier alpha value is -1.49. The third-order valence-corrected chi connectivity index (χ3v) is 2.43. The molecule has 5 heteroatoms. The Labute approximate surface area is 72.5 Å². The van der Waals surface area contributed by atoms with Crippen molar-refractivity contribution in [3.8, 4) is 5.00 Å². The van der Waals surface area contributed by atoms with Gasteiger partial charge in [-0.05, 0) is 12.1 Å². The fraction of sp³-hybridized carbons (Fsp3) is 0. The molecule has 0 saturated heterocycles. The van der Waals surface area contributed by atoms with Gasteiger partial charge in [0.15, 0.2) is 6.29 Å². The fourth-order valence-corrected chi connectivity index (χ4v) is 1.62. The molecule has 0 aromatic carbocycles. The van der Waals surface area contributed by atoms with E-state index in [0.717, 1.165) is 11.3 Å². The molecule has 0 spiro atoms. The van der Waals surface area contributed by atoms with E-state index in [1.165, 1.54) is 11.3 Å². The van der Waals surface area contributed by atoms with Gasteiger partial charge in [-0.3, -0.25) is 9.36 Å². The van der Waals surface area contributed by atoms with Crippen LogP contribution in [0.4, 0.5) is 0 Å². The predicted octanol–water partition coefficient (Wildman–Crippen LogP) is 1.14. The van der Waals surface area contributed by atoms with Gasteiger partial charge in [0.1, 0.15) is 17.7 Å². The van der Waals surface area contributed by atoms with Crippen LogP contribution in [0.2, 0.25) is 0 Å².